The summed E-state index contributed by atoms with van der Waals surface area (Å²) < 4.78 is 10.5. The number of nitrogens with one attached hydrogen (secondary N) is 2. The van der Waals surface area contributed by atoms with E-state index >= 15 is 0 Å². The van der Waals surface area contributed by atoms with Crippen molar-refractivity contribution >= 4 is 29.4 Å². The molecule has 2 N–H and O–H groups in total. The van der Waals surface area contributed by atoms with Crippen LogP contribution in [0.4, 0.5) is 0 Å². The Bertz CT molecular complexity index is 901. The van der Waals surface area contributed by atoms with Gasteiger partial charge in [0.2, 0.25) is 5.91 Å². The van der Waals surface area contributed by atoms with Crippen LogP contribution in [0.15, 0.2) is 12.2 Å². The molecule has 0 aliphatic rings. The zero-order valence-corrected chi connectivity index (χ0v) is 28.4. The number of nitrogens with zero attached hydrogens (tertiary/aromatic N) is 1. The van der Waals surface area contributed by atoms with Crippen LogP contribution >= 0.6 is 0 Å². The highest BCUT2D eigenvalue weighted by molar-refractivity contribution is 5.91. The first kappa shape index (κ1) is 40.4. The zero-order valence-electron chi connectivity index (χ0n) is 28.4. The lowest BCUT2D eigenvalue weighted by atomic mass is 9.89. The fraction of sp³-hybridized carbons (Fsp3) is 0.788. The van der Waals surface area contributed by atoms with Gasteiger partial charge in [0.05, 0.1) is 12.1 Å². The van der Waals surface area contributed by atoms with Gasteiger partial charge in [-0.2, -0.15) is 0 Å². The van der Waals surface area contributed by atoms with Crippen molar-refractivity contribution in [2.45, 2.75) is 124 Å². The molecule has 0 fully saturated rings. The second-order valence-corrected chi connectivity index (χ2v) is 12.5. The molecule has 0 aromatic rings. The molecule has 0 rings (SSSR count). The van der Waals surface area contributed by atoms with Gasteiger partial charge in [-0.15, -0.1) is 0 Å². The van der Waals surface area contributed by atoms with Crippen molar-refractivity contribution in [2.24, 2.45) is 17.8 Å². The van der Waals surface area contributed by atoms with Crippen LogP contribution in [-0.4, -0.2) is 86.3 Å². The van der Waals surface area contributed by atoms with Crippen LogP contribution in [0.3, 0.4) is 0 Å². The lowest BCUT2D eigenvalue weighted by molar-refractivity contribution is -0.155. The van der Waals surface area contributed by atoms with Gasteiger partial charge >= 0.3 is 11.9 Å². The van der Waals surface area contributed by atoms with E-state index in [0.717, 1.165) is 12.8 Å². The molecule has 0 aromatic heterocycles. The number of carbonyl (C=O) groups is 5. The van der Waals surface area contributed by atoms with Crippen LogP contribution in [-0.2, 0) is 33.4 Å². The summed E-state index contributed by atoms with van der Waals surface area (Å²) in [5.41, 5.74) is 0. The molecule has 0 radical (unpaired) electrons. The molecule has 0 aliphatic carbocycles. The number of esters is 2. The van der Waals surface area contributed by atoms with E-state index in [2.05, 4.69) is 24.5 Å². The van der Waals surface area contributed by atoms with E-state index in [-0.39, 0.29) is 47.9 Å². The number of unbranched alkanes of at least 4 members (excludes halogenated alkanes) is 3. The Hall–Kier alpha value is -2.59. The van der Waals surface area contributed by atoms with Gasteiger partial charge in [0.25, 0.3) is 0 Å². The van der Waals surface area contributed by atoms with Crippen molar-refractivity contribution in [1.29, 1.82) is 0 Å². The minimum atomic E-state index is -0.623. The molecule has 0 heterocycles. The quantitative estimate of drug-likeness (QED) is 0.0992. The van der Waals surface area contributed by atoms with E-state index in [1.54, 1.807) is 32.1 Å². The summed E-state index contributed by atoms with van der Waals surface area (Å²) in [7, 11) is 5.37. The molecule has 248 valence electrons. The summed E-state index contributed by atoms with van der Waals surface area (Å²) in [4.78, 5) is 63.7. The molecule has 2 unspecified atom stereocenters. The van der Waals surface area contributed by atoms with Gasteiger partial charge in [-0.1, -0.05) is 59.6 Å². The summed E-state index contributed by atoms with van der Waals surface area (Å²) in [6, 6.07) is -1.44. The summed E-state index contributed by atoms with van der Waals surface area (Å²) in [5, 5.41) is 6.01. The summed E-state index contributed by atoms with van der Waals surface area (Å²) in [6.07, 6.45) is 7.91. The van der Waals surface area contributed by atoms with Gasteiger partial charge < -0.3 is 20.1 Å². The van der Waals surface area contributed by atoms with Crippen molar-refractivity contribution in [3.8, 4) is 0 Å². The minimum absolute atomic E-state index is 0.00568. The Kier molecular flexibility index (Phi) is 20.7. The molecule has 1 amide bonds. The number of ether oxygens (including phenoxy) is 2. The monoisotopic (exact) mass is 609 g/mol. The van der Waals surface area contributed by atoms with Gasteiger partial charge in [0.1, 0.15) is 18.8 Å². The Balaban J connectivity index is 4.95. The Labute approximate surface area is 260 Å². The summed E-state index contributed by atoms with van der Waals surface area (Å²) in [5.74, 6) is -0.691. The number of allylic oxidation sites excluding steroid dienone is 1. The third-order valence-corrected chi connectivity index (χ3v) is 7.40. The number of hydrogen-bond acceptors (Lipinski definition) is 9. The first-order chi connectivity index (χ1) is 20.1. The van der Waals surface area contributed by atoms with Crippen molar-refractivity contribution in [1.82, 2.24) is 15.5 Å². The topological polar surface area (TPSA) is 131 Å². The number of amides is 1. The van der Waals surface area contributed by atoms with E-state index in [4.69, 9.17) is 9.47 Å². The fourth-order valence-corrected chi connectivity index (χ4v) is 5.08. The molecule has 0 aliphatic heterocycles. The smallest absolute Gasteiger partial charge is 0.302 e. The second kappa shape index (κ2) is 22.0. The molecule has 10 heteroatoms. The number of ketones is 2. The molecule has 0 spiro atoms. The average molecular weight is 610 g/mol. The zero-order chi connectivity index (χ0) is 33.1. The maximum absolute atomic E-state index is 13.3. The molecule has 10 nitrogen and oxygen atoms in total. The normalized spacial score (nSPS) is 15.3. The molecular weight excluding hydrogens is 550 g/mol. The van der Waals surface area contributed by atoms with Gasteiger partial charge in [-0.05, 0) is 64.6 Å². The molecular formula is C33H59N3O7. The fourth-order valence-electron chi connectivity index (χ4n) is 5.08. The third-order valence-electron chi connectivity index (χ3n) is 7.40. The van der Waals surface area contributed by atoms with E-state index in [1.165, 1.54) is 13.8 Å². The van der Waals surface area contributed by atoms with Gasteiger partial charge in [-0.25, -0.2) is 0 Å². The van der Waals surface area contributed by atoms with Gasteiger partial charge in [0, 0.05) is 26.7 Å². The minimum Gasteiger partial charge on any atom is -0.462 e. The number of likely N-dealkylation sites (N-methyl/N-ethyl adjacent to an activating group) is 2. The SMILES string of the molecule is CN[C@@H](CC(C)C)C(=O)N[C@H](C(=O)CCCCCCC(=O)C(C(OC(C)=O)[C@H](C)C/C=C/COC(C)=O)N(C)C)C(C)C. The summed E-state index contributed by atoms with van der Waals surface area (Å²) in [6.45, 7) is 12.8. The maximum Gasteiger partial charge on any atom is 0.302 e. The van der Waals surface area contributed by atoms with Crippen molar-refractivity contribution in [2.75, 3.05) is 27.7 Å². The van der Waals surface area contributed by atoms with E-state index in [0.29, 0.717) is 44.4 Å². The Morgan fingerprint density at radius 3 is 1.86 bits per heavy atom. The van der Waals surface area contributed by atoms with E-state index < -0.39 is 24.2 Å². The molecule has 5 atom stereocenters. The predicted molar refractivity (Wildman–Crippen MR) is 169 cm³/mol. The lowest BCUT2D eigenvalue weighted by Gasteiger charge is -2.34. The first-order valence-corrected chi connectivity index (χ1v) is 15.8. The predicted octanol–water partition coefficient (Wildman–Crippen LogP) is 4.25. The van der Waals surface area contributed by atoms with Crippen LogP contribution in [0.2, 0.25) is 0 Å². The number of carbonyl (C=O) groups excluding carboxylic acids is 5. The molecule has 43 heavy (non-hydrogen) atoms. The van der Waals surface area contributed by atoms with Crippen LogP contribution in [0, 0.1) is 17.8 Å². The Morgan fingerprint density at radius 1 is 0.814 bits per heavy atom. The molecule has 0 saturated heterocycles. The third kappa shape index (κ3) is 17.3. The Morgan fingerprint density at radius 2 is 1.40 bits per heavy atom. The van der Waals surface area contributed by atoms with Crippen LogP contribution < -0.4 is 10.6 Å². The van der Waals surface area contributed by atoms with Crippen LogP contribution in [0.5, 0.6) is 0 Å². The van der Waals surface area contributed by atoms with Crippen molar-refractivity contribution in [3.05, 3.63) is 12.2 Å². The maximum atomic E-state index is 13.3. The number of rotatable bonds is 23. The summed E-state index contributed by atoms with van der Waals surface area (Å²) >= 11 is 0. The number of hydrogen-bond donors (Lipinski definition) is 2. The van der Waals surface area contributed by atoms with Crippen molar-refractivity contribution < 1.29 is 33.4 Å². The van der Waals surface area contributed by atoms with Crippen LogP contribution in [0.25, 0.3) is 0 Å². The van der Waals surface area contributed by atoms with Crippen LogP contribution in [0.1, 0.15) is 99.8 Å². The van der Waals surface area contributed by atoms with E-state index in [1.807, 2.05) is 26.8 Å². The highest BCUT2D eigenvalue weighted by Gasteiger charge is 2.35. The lowest BCUT2D eigenvalue weighted by Crippen LogP contribution is -2.51. The highest BCUT2D eigenvalue weighted by Crippen LogP contribution is 2.22. The molecule has 0 bridgehead atoms. The number of Topliss-reactive ketones (excluding diaryl/α,β-unsaturated/α-hetero) is 2. The largest absolute Gasteiger partial charge is 0.462 e. The molecule has 0 aromatic carbocycles. The van der Waals surface area contributed by atoms with Gasteiger partial charge in [0.15, 0.2) is 11.6 Å². The highest BCUT2D eigenvalue weighted by atomic mass is 16.5. The van der Waals surface area contributed by atoms with E-state index in [9.17, 15) is 24.0 Å². The molecule has 0 saturated carbocycles. The first-order valence-electron chi connectivity index (χ1n) is 15.8. The standard InChI is InChI=1S/C33H59N3O7/c1-22(2)21-27(34-8)33(41)35-30(23(3)4)28(39)18-13-11-12-14-19-29(40)31(36(9)10)32(43-26(7)38)24(5)17-15-16-20-42-25(6)37/h15-16,22-24,27,30-32,34H,11-14,17-21H2,1-10H3,(H,35,41)/b16-15+/t24-,27+,30+,31?,32?/m1/s1. The average Bonchev–Trinajstić information content (AvgIpc) is 2.90. The second-order valence-electron chi connectivity index (χ2n) is 12.5. The van der Waals surface area contributed by atoms with Crippen molar-refractivity contribution in [3.63, 3.8) is 0 Å². The van der Waals surface area contributed by atoms with Gasteiger partial charge in [-0.3, -0.25) is 28.9 Å².